The molecule has 6 rings (SSSR count). The fourth-order valence-electron chi connectivity index (χ4n) is 4.84. The van der Waals surface area contributed by atoms with Crippen LogP contribution in [0.1, 0.15) is 71.9 Å². The summed E-state index contributed by atoms with van der Waals surface area (Å²) in [6, 6.07) is 20.1. The SMILES string of the molecule is [Cl-].[Cl-].[Cl-].[Ti+2].[Ti+2].[Ti+2].c1cc2c([cH-]1)CCCC2.c1cc2c([cH-]1)CCCC2.c1cc2c([cH-]1)CCCC2. The first kappa shape index (κ1) is 38.6. The smallest absolute Gasteiger partial charge is 1.00 e. The molecule has 3 aliphatic carbocycles. The van der Waals surface area contributed by atoms with E-state index in [9.17, 15) is 0 Å². The summed E-state index contributed by atoms with van der Waals surface area (Å²) >= 11 is 0. The van der Waals surface area contributed by atoms with Gasteiger partial charge in [0.1, 0.15) is 0 Å². The third kappa shape index (κ3) is 11.8. The molecule has 3 aromatic carbocycles. The molecule has 0 N–H and O–H groups in total. The van der Waals surface area contributed by atoms with Crippen molar-refractivity contribution in [3.8, 4) is 0 Å². The minimum absolute atomic E-state index is 0. The van der Waals surface area contributed by atoms with E-state index < -0.39 is 0 Å². The van der Waals surface area contributed by atoms with E-state index in [2.05, 4.69) is 54.6 Å². The molecule has 0 fully saturated rings. The fourth-order valence-corrected chi connectivity index (χ4v) is 4.84. The Kier molecular flexibility index (Phi) is 24.8. The molecule has 0 heterocycles. The van der Waals surface area contributed by atoms with Crippen molar-refractivity contribution in [1.82, 2.24) is 0 Å². The molecule has 0 atom stereocenters. The van der Waals surface area contributed by atoms with Gasteiger partial charge in [0.25, 0.3) is 0 Å². The van der Waals surface area contributed by atoms with Crippen molar-refractivity contribution in [2.45, 2.75) is 77.0 Å². The fraction of sp³-hybridized carbons (Fsp3) is 0.444. The van der Waals surface area contributed by atoms with Crippen LogP contribution in [0.25, 0.3) is 0 Å². The number of halogens is 3. The molecule has 3 aromatic rings. The molecule has 0 aromatic heterocycles. The molecule has 0 aliphatic heterocycles. The molecule has 0 spiro atoms. The molecule has 0 bridgehead atoms. The van der Waals surface area contributed by atoms with Crippen molar-refractivity contribution in [2.75, 3.05) is 0 Å². The van der Waals surface area contributed by atoms with Crippen LogP contribution in [0.4, 0.5) is 0 Å². The number of rotatable bonds is 0. The van der Waals surface area contributed by atoms with Gasteiger partial charge in [-0.3, -0.25) is 0 Å². The predicted molar refractivity (Wildman–Crippen MR) is 116 cm³/mol. The Labute approximate surface area is 264 Å². The quantitative estimate of drug-likeness (QED) is 0.202. The Hall–Kier alpha value is 1.06. The Balaban J connectivity index is -0.000000375. The number of fused-ring (bicyclic) bond motifs is 3. The van der Waals surface area contributed by atoms with E-state index >= 15 is 0 Å². The van der Waals surface area contributed by atoms with Gasteiger partial charge in [0.15, 0.2) is 0 Å². The van der Waals surface area contributed by atoms with Gasteiger partial charge in [0, 0.05) is 0 Å². The summed E-state index contributed by atoms with van der Waals surface area (Å²) in [5.74, 6) is 0. The van der Waals surface area contributed by atoms with Crippen molar-refractivity contribution in [3.05, 3.63) is 88.0 Å². The molecule has 0 saturated carbocycles. The summed E-state index contributed by atoms with van der Waals surface area (Å²) < 4.78 is 0. The molecular weight excluding hydrogens is 574 g/mol. The van der Waals surface area contributed by atoms with Crippen molar-refractivity contribution in [1.29, 1.82) is 0 Å². The summed E-state index contributed by atoms with van der Waals surface area (Å²) in [6.07, 6.45) is 16.3. The van der Waals surface area contributed by atoms with E-state index in [1.54, 1.807) is 33.4 Å². The molecule has 0 amide bonds. The van der Waals surface area contributed by atoms with Gasteiger partial charge >= 0.3 is 65.2 Å². The average molecular weight is 608 g/mol. The molecule has 33 heavy (non-hydrogen) atoms. The van der Waals surface area contributed by atoms with E-state index in [1.807, 2.05) is 0 Å². The number of hydrogen-bond acceptors (Lipinski definition) is 0. The van der Waals surface area contributed by atoms with Crippen LogP contribution in [0.3, 0.4) is 0 Å². The van der Waals surface area contributed by atoms with Crippen molar-refractivity contribution >= 4 is 0 Å². The maximum atomic E-state index is 2.26. The van der Waals surface area contributed by atoms with Crippen LogP contribution in [-0.4, -0.2) is 0 Å². The Bertz CT molecular complexity index is 664. The minimum atomic E-state index is 0. The Morgan fingerprint density at radius 1 is 0.394 bits per heavy atom. The molecule has 6 heteroatoms. The molecule has 0 nitrogen and oxygen atoms in total. The van der Waals surface area contributed by atoms with Gasteiger partial charge in [-0.05, 0) is 0 Å². The summed E-state index contributed by atoms with van der Waals surface area (Å²) in [5.41, 5.74) is 9.59. The van der Waals surface area contributed by atoms with Crippen LogP contribution < -0.4 is 37.2 Å². The van der Waals surface area contributed by atoms with Crippen LogP contribution in [-0.2, 0) is 104 Å². The van der Waals surface area contributed by atoms with Gasteiger partial charge in [-0.25, -0.2) is 18.2 Å². The molecule has 0 unspecified atom stereocenters. The van der Waals surface area contributed by atoms with Crippen molar-refractivity contribution in [3.63, 3.8) is 0 Å². The van der Waals surface area contributed by atoms with Crippen LogP contribution in [0.2, 0.25) is 0 Å². The van der Waals surface area contributed by atoms with Gasteiger partial charge in [0.05, 0.1) is 0 Å². The van der Waals surface area contributed by atoms with E-state index in [0.29, 0.717) is 0 Å². The summed E-state index contributed by atoms with van der Waals surface area (Å²) in [7, 11) is 0. The zero-order chi connectivity index (χ0) is 18.3. The third-order valence-electron chi connectivity index (χ3n) is 6.45. The first-order valence-corrected chi connectivity index (χ1v) is 11.1. The maximum absolute atomic E-state index is 2.26. The summed E-state index contributed by atoms with van der Waals surface area (Å²) in [5, 5.41) is 0. The molecular formula is C27H33Cl3Ti3. The molecule has 174 valence electrons. The normalized spacial score (nSPS) is 14.2. The van der Waals surface area contributed by atoms with Gasteiger partial charge in [0.2, 0.25) is 0 Å². The Morgan fingerprint density at radius 3 is 0.879 bits per heavy atom. The summed E-state index contributed by atoms with van der Waals surface area (Å²) in [6.45, 7) is 0. The number of hydrogen-bond donors (Lipinski definition) is 0. The van der Waals surface area contributed by atoms with Gasteiger partial charge in [-0.15, -0.1) is 0 Å². The van der Waals surface area contributed by atoms with E-state index in [1.165, 1.54) is 77.0 Å². The van der Waals surface area contributed by atoms with Crippen molar-refractivity contribution < 1.29 is 102 Å². The second-order valence-corrected chi connectivity index (χ2v) is 8.35. The van der Waals surface area contributed by atoms with Crippen LogP contribution >= 0.6 is 0 Å². The molecule has 0 saturated heterocycles. The molecule has 0 radical (unpaired) electrons. The first-order valence-electron chi connectivity index (χ1n) is 11.1. The second kappa shape index (κ2) is 21.2. The first-order chi connectivity index (χ1) is 13.4. The van der Waals surface area contributed by atoms with E-state index in [0.717, 1.165) is 0 Å². The van der Waals surface area contributed by atoms with Gasteiger partial charge in [-0.2, -0.15) is 69.8 Å². The Morgan fingerprint density at radius 2 is 0.636 bits per heavy atom. The van der Waals surface area contributed by atoms with Crippen LogP contribution in [0.15, 0.2) is 54.6 Å². The zero-order valence-corrected chi connectivity index (χ0v) is 26.3. The zero-order valence-electron chi connectivity index (χ0n) is 19.3. The van der Waals surface area contributed by atoms with Gasteiger partial charge < -0.3 is 37.2 Å². The topological polar surface area (TPSA) is 0 Å². The third-order valence-corrected chi connectivity index (χ3v) is 6.45. The van der Waals surface area contributed by atoms with E-state index in [4.69, 9.17) is 0 Å². The standard InChI is InChI=1S/3C9H11.3ClH.3Ti/c3*1-2-5-9-7-3-6-8(9)4-1;;;;;;/h3*3,6-7H,1-2,4-5H2;3*1H;;;/q3*-1;;;;3*+2/p-3. The second-order valence-electron chi connectivity index (χ2n) is 8.35. The van der Waals surface area contributed by atoms with Crippen LogP contribution in [0.5, 0.6) is 0 Å². The monoisotopic (exact) mass is 606 g/mol. The maximum Gasteiger partial charge on any atom is 2.00 e. The predicted octanol–water partition coefficient (Wildman–Crippen LogP) is -2.14. The average Bonchev–Trinajstić information content (AvgIpc) is 3.48. The van der Waals surface area contributed by atoms with Crippen LogP contribution in [0, 0.1) is 0 Å². The van der Waals surface area contributed by atoms with Gasteiger partial charge in [-0.1, -0.05) is 77.0 Å². The van der Waals surface area contributed by atoms with Crippen molar-refractivity contribution in [2.24, 2.45) is 0 Å². The van der Waals surface area contributed by atoms with E-state index in [-0.39, 0.29) is 102 Å². The molecule has 3 aliphatic rings. The minimum Gasteiger partial charge on any atom is -1.00 e. The number of aryl methyl sites for hydroxylation is 6. The largest absolute Gasteiger partial charge is 2.00 e. The summed E-state index contributed by atoms with van der Waals surface area (Å²) in [4.78, 5) is 0.